The van der Waals surface area contributed by atoms with E-state index in [0.29, 0.717) is 17.7 Å². The first kappa shape index (κ1) is 17.1. The van der Waals surface area contributed by atoms with E-state index in [-0.39, 0.29) is 5.41 Å². The van der Waals surface area contributed by atoms with Crippen molar-refractivity contribution in [3.8, 4) is 11.5 Å². The maximum atomic E-state index is 10.3. The topological polar surface area (TPSA) is 32.7 Å². The highest BCUT2D eigenvalue weighted by molar-refractivity contribution is 5.59. The van der Waals surface area contributed by atoms with Gasteiger partial charge in [0.25, 0.3) is 0 Å². The van der Waals surface area contributed by atoms with E-state index in [1.54, 1.807) is 0 Å². The molecule has 1 fully saturated rings. The molecule has 0 amide bonds. The highest BCUT2D eigenvalue weighted by atomic mass is 16.5. The zero-order chi connectivity index (χ0) is 18.4. The second-order valence-corrected chi connectivity index (χ2v) is 8.58. The maximum Gasteiger partial charge on any atom is 0.165 e. The van der Waals surface area contributed by atoms with Gasteiger partial charge in [-0.1, -0.05) is 49.7 Å². The van der Waals surface area contributed by atoms with Crippen LogP contribution in [0.15, 0.2) is 42.5 Å². The first-order valence-corrected chi connectivity index (χ1v) is 10.5. The lowest BCUT2D eigenvalue weighted by molar-refractivity contribution is 0.00217. The number of hydrogen-bond donors (Lipinski definition) is 1. The summed E-state index contributed by atoms with van der Waals surface area (Å²) >= 11 is 0. The molecule has 1 spiro atoms. The molecule has 0 radical (unpaired) electrons. The van der Waals surface area contributed by atoms with Crippen molar-refractivity contribution in [2.45, 2.75) is 50.5 Å². The van der Waals surface area contributed by atoms with E-state index >= 15 is 0 Å². The quantitative estimate of drug-likeness (QED) is 0.859. The van der Waals surface area contributed by atoms with Crippen LogP contribution in [-0.2, 0) is 18.3 Å². The molecule has 2 bridgehead atoms. The normalized spacial score (nSPS) is 28.6. The number of likely N-dealkylation sites (tertiary alicyclic amines) is 1. The van der Waals surface area contributed by atoms with Crippen molar-refractivity contribution in [3.05, 3.63) is 59.2 Å². The fourth-order valence-corrected chi connectivity index (χ4v) is 6.03. The van der Waals surface area contributed by atoms with E-state index < -0.39 is 0 Å². The lowest BCUT2D eigenvalue weighted by Crippen LogP contribution is -2.60. The van der Waals surface area contributed by atoms with E-state index in [1.165, 1.54) is 29.5 Å². The van der Waals surface area contributed by atoms with Crippen LogP contribution >= 0.6 is 0 Å². The minimum atomic E-state index is 0.117. The SMILES string of the molecule is CCC[C@H]1C2Cc3ccc(O)c4c3[C@]1(CCN2CCc1ccccc1)CO4. The largest absolute Gasteiger partial charge is 0.504 e. The van der Waals surface area contributed by atoms with Gasteiger partial charge < -0.3 is 9.84 Å². The lowest BCUT2D eigenvalue weighted by atomic mass is 9.57. The number of phenols is 1. The van der Waals surface area contributed by atoms with Crippen LogP contribution in [0.25, 0.3) is 0 Å². The molecule has 1 saturated heterocycles. The third kappa shape index (κ3) is 2.59. The lowest BCUT2D eigenvalue weighted by Gasteiger charge is -2.54. The van der Waals surface area contributed by atoms with Crippen molar-refractivity contribution in [2.24, 2.45) is 5.92 Å². The number of aromatic hydroxyl groups is 1. The Kier molecular flexibility index (Phi) is 4.16. The van der Waals surface area contributed by atoms with E-state index in [0.717, 1.165) is 44.7 Å². The molecule has 1 unspecified atom stereocenters. The summed E-state index contributed by atoms with van der Waals surface area (Å²) in [5.74, 6) is 1.73. The third-order valence-corrected chi connectivity index (χ3v) is 7.24. The summed E-state index contributed by atoms with van der Waals surface area (Å²) in [7, 11) is 0. The molecule has 5 rings (SSSR count). The molecule has 2 aromatic carbocycles. The van der Waals surface area contributed by atoms with Crippen molar-refractivity contribution >= 4 is 0 Å². The Morgan fingerprint density at radius 1 is 1.19 bits per heavy atom. The fraction of sp³-hybridized carbons (Fsp3) is 0.500. The van der Waals surface area contributed by atoms with Crippen LogP contribution in [0.4, 0.5) is 0 Å². The molecule has 2 heterocycles. The van der Waals surface area contributed by atoms with Gasteiger partial charge in [0.15, 0.2) is 11.5 Å². The Morgan fingerprint density at radius 3 is 2.85 bits per heavy atom. The number of fused-ring (bicyclic) bond motifs is 1. The van der Waals surface area contributed by atoms with Gasteiger partial charge in [0.2, 0.25) is 0 Å². The number of ether oxygens (including phenoxy) is 1. The van der Waals surface area contributed by atoms with Gasteiger partial charge in [-0.3, -0.25) is 4.90 Å². The van der Waals surface area contributed by atoms with Crippen LogP contribution in [0, 0.1) is 5.92 Å². The Hall–Kier alpha value is -2.00. The standard InChI is InChI=1S/C24H29NO2/c1-2-6-19-20-15-18-9-10-21(26)23-22(18)24(19,16-27-23)12-14-25(20)13-11-17-7-4-3-5-8-17/h3-5,7-10,19-20,26H,2,6,11-16H2,1H3/t19-,20?,24+/m0/s1. The van der Waals surface area contributed by atoms with Gasteiger partial charge in [-0.2, -0.15) is 0 Å². The number of nitrogens with zero attached hydrogens (tertiary/aromatic N) is 1. The first-order chi connectivity index (χ1) is 13.2. The highest BCUT2D eigenvalue weighted by Crippen LogP contribution is 2.58. The first-order valence-electron chi connectivity index (χ1n) is 10.5. The van der Waals surface area contributed by atoms with Crippen LogP contribution in [0.5, 0.6) is 11.5 Å². The second kappa shape index (κ2) is 6.56. The average Bonchev–Trinajstić information content (AvgIpc) is 3.08. The molecule has 2 aliphatic heterocycles. The molecule has 1 aliphatic carbocycles. The summed E-state index contributed by atoms with van der Waals surface area (Å²) in [6.45, 7) is 5.32. The molecule has 0 saturated carbocycles. The maximum absolute atomic E-state index is 10.3. The van der Waals surface area contributed by atoms with Crippen LogP contribution in [0.1, 0.15) is 42.9 Å². The molecule has 0 aromatic heterocycles. The minimum absolute atomic E-state index is 0.117. The zero-order valence-corrected chi connectivity index (χ0v) is 16.2. The number of hydrogen-bond acceptors (Lipinski definition) is 3. The molecule has 27 heavy (non-hydrogen) atoms. The van der Waals surface area contributed by atoms with Gasteiger partial charge in [0.05, 0.1) is 6.61 Å². The molecule has 142 valence electrons. The summed E-state index contributed by atoms with van der Waals surface area (Å²) in [6.07, 6.45) is 5.80. The molecular weight excluding hydrogens is 334 g/mol. The molecule has 1 N–H and O–H groups in total. The van der Waals surface area contributed by atoms with Gasteiger partial charge in [-0.15, -0.1) is 0 Å². The van der Waals surface area contributed by atoms with Gasteiger partial charge >= 0.3 is 0 Å². The molecule has 3 heteroatoms. The molecule has 3 aliphatic rings. The van der Waals surface area contributed by atoms with E-state index in [1.807, 2.05) is 6.07 Å². The molecule has 3 nitrogen and oxygen atoms in total. The van der Waals surface area contributed by atoms with Crippen LogP contribution in [0.2, 0.25) is 0 Å². The van der Waals surface area contributed by atoms with Crippen molar-refractivity contribution in [3.63, 3.8) is 0 Å². The van der Waals surface area contributed by atoms with Crippen molar-refractivity contribution < 1.29 is 9.84 Å². The minimum Gasteiger partial charge on any atom is -0.504 e. The van der Waals surface area contributed by atoms with Crippen LogP contribution in [-0.4, -0.2) is 35.7 Å². The number of rotatable bonds is 5. The Labute approximate surface area is 162 Å². The van der Waals surface area contributed by atoms with Crippen LogP contribution < -0.4 is 4.74 Å². The van der Waals surface area contributed by atoms with E-state index in [4.69, 9.17) is 4.74 Å². The predicted molar refractivity (Wildman–Crippen MR) is 108 cm³/mol. The summed E-state index contributed by atoms with van der Waals surface area (Å²) in [5.41, 5.74) is 4.30. The Morgan fingerprint density at radius 2 is 2.04 bits per heavy atom. The monoisotopic (exact) mass is 363 g/mol. The predicted octanol–water partition coefficient (Wildman–Crippen LogP) is 4.31. The molecule has 3 atom stereocenters. The van der Waals surface area contributed by atoms with Crippen LogP contribution in [0.3, 0.4) is 0 Å². The zero-order valence-electron chi connectivity index (χ0n) is 16.2. The number of benzene rings is 2. The third-order valence-electron chi connectivity index (χ3n) is 7.24. The van der Waals surface area contributed by atoms with Gasteiger partial charge in [0.1, 0.15) is 0 Å². The summed E-state index contributed by atoms with van der Waals surface area (Å²) in [6, 6.07) is 15.4. The summed E-state index contributed by atoms with van der Waals surface area (Å²) in [4.78, 5) is 2.74. The summed E-state index contributed by atoms with van der Waals surface area (Å²) in [5, 5.41) is 10.3. The van der Waals surface area contributed by atoms with Crippen molar-refractivity contribution in [1.29, 1.82) is 0 Å². The second-order valence-electron chi connectivity index (χ2n) is 8.58. The fourth-order valence-electron chi connectivity index (χ4n) is 6.03. The molecular formula is C24H29NO2. The Balaban J connectivity index is 1.47. The van der Waals surface area contributed by atoms with E-state index in [2.05, 4.69) is 48.2 Å². The molecule has 2 aromatic rings. The van der Waals surface area contributed by atoms with Gasteiger partial charge in [0, 0.05) is 23.6 Å². The number of piperidine rings is 1. The summed E-state index contributed by atoms with van der Waals surface area (Å²) < 4.78 is 6.10. The number of phenolic OH excluding ortho intramolecular Hbond substituents is 1. The van der Waals surface area contributed by atoms with E-state index in [9.17, 15) is 5.11 Å². The van der Waals surface area contributed by atoms with Gasteiger partial charge in [-0.25, -0.2) is 0 Å². The highest BCUT2D eigenvalue weighted by Gasteiger charge is 2.57. The smallest absolute Gasteiger partial charge is 0.165 e. The average molecular weight is 364 g/mol. The Bertz CT molecular complexity index is 834. The van der Waals surface area contributed by atoms with Crippen molar-refractivity contribution in [1.82, 2.24) is 4.90 Å². The van der Waals surface area contributed by atoms with Gasteiger partial charge in [-0.05, 0) is 55.3 Å². The van der Waals surface area contributed by atoms with Crippen molar-refractivity contribution in [2.75, 3.05) is 19.7 Å².